The van der Waals surface area contributed by atoms with Crippen molar-refractivity contribution in [3.8, 4) is 5.82 Å². The third kappa shape index (κ3) is 2.92. The molecule has 0 bridgehead atoms. The number of pyridine rings is 1. The molecular formula is C12H14N4O2. The molecule has 0 unspecified atom stereocenters. The van der Waals surface area contributed by atoms with E-state index in [1.807, 2.05) is 0 Å². The maximum atomic E-state index is 11.8. The monoisotopic (exact) mass is 246 g/mol. The van der Waals surface area contributed by atoms with Crippen molar-refractivity contribution in [2.24, 2.45) is 0 Å². The zero-order chi connectivity index (χ0) is 12.8. The lowest BCUT2D eigenvalue weighted by atomic mass is 10.3. The van der Waals surface area contributed by atoms with Crippen LogP contribution in [0.25, 0.3) is 5.82 Å². The first kappa shape index (κ1) is 12.3. The summed E-state index contributed by atoms with van der Waals surface area (Å²) >= 11 is 0. The predicted octanol–water partition coefficient (Wildman–Crippen LogP) is 0.380. The van der Waals surface area contributed by atoms with Crippen LogP contribution in [0.2, 0.25) is 0 Å². The van der Waals surface area contributed by atoms with E-state index in [0.29, 0.717) is 24.5 Å². The number of aromatic nitrogens is 3. The molecule has 2 N–H and O–H groups in total. The summed E-state index contributed by atoms with van der Waals surface area (Å²) in [5, 5.41) is 15.4. The van der Waals surface area contributed by atoms with Gasteiger partial charge in [0.15, 0.2) is 5.82 Å². The van der Waals surface area contributed by atoms with E-state index < -0.39 is 0 Å². The number of nitrogens with zero attached hydrogens (tertiary/aromatic N) is 3. The second kappa shape index (κ2) is 5.92. The third-order valence-corrected chi connectivity index (χ3v) is 2.33. The van der Waals surface area contributed by atoms with Gasteiger partial charge in [-0.2, -0.15) is 5.10 Å². The quantitative estimate of drug-likeness (QED) is 0.747. The fourth-order valence-electron chi connectivity index (χ4n) is 1.45. The molecule has 2 heterocycles. The van der Waals surface area contributed by atoms with Gasteiger partial charge in [0.2, 0.25) is 0 Å². The third-order valence-electron chi connectivity index (χ3n) is 2.33. The van der Waals surface area contributed by atoms with E-state index in [2.05, 4.69) is 15.4 Å². The minimum atomic E-state index is -0.252. The van der Waals surface area contributed by atoms with Gasteiger partial charge in [-0.15, -0.1) is 0 Å². The van der Waals surface area contributed by atoms with Crippen molar-refractivity contribution in [3.63, 3.8) is 0 Å². The Morgan fingerprint density at radius 3 is 3.00 bits per heavy atom. The summed E-state index contributed by atoms with van der Waals surface area (Å²) < 4.78 is 1.59. The molecular weight excluding hydrogens is 232 g/mol. The Morgan fingerprint density at radius 2 is 2.28 bits per heavy atom. The molecule has 0 aliphatic carbocycles. The topological polar surface area (TPSA) is 80.0 Å². The van der Waals surface area contributed by atoms with Crippen LogP contribution in [0.4, 0.5) is 0 Å². The van der Waals surface area contributed by atoms with E-state index in [-0.39, 0.29) is 12.5 Å². The molecule has 6 heteroatoms. The summed E-state index contributed by atoms with van der Waals surface area (Å²) in [6.45, 7) is 0.490. The van der Waals surface area contributed by atoms with Crippen LogP contribution < -0.4 is 5.32 Å². The Morgan fingerprint density at radius 1 is 1.39 bits per heavy atom. The van der Waals surface area contributed by atoms with Gasteiger partial charge in [-0.3, -0.25) is 4.79 Å². The van der Waals surface area contributed by atoms with Crippen LogP contribution in [-0.4, -0.2) is 38.9 Å². The van der Waals surface area contributed by atoms with E-state index in [1.165, 1.54) is 0 Å². The minimum absolute atomic E-state index is 0.0566. The summed E-state index contributed by atoms with van der Waals surface area (Å²) in [5.41, 5.74) is 0.334. The Bertz CT molecular complexity index is 511. The predicted molar refractivity (Wildman–Crippen MR) is 65.4 cm³/mol. The van der Waals surface area contributed by atoms with Gasteiger partial charge < -0.3 is 10.4 Å². The fraction of sp³-hybridized carbons (Fsp3) is 0.250. The second-order valence-electron chi connectivity index (χ2n) is 3.66. The lowest BCUT2D eigenvalue weighted by Crippen LogP contribution is -2.26. The number of hydrogen-bond donors (Lipinski definition) is 2. The average Bonchev–Trinajstić information content (AvgIpc) is 2.93. The van der Waals surface area contributed by atoms with Crippen LogP contribution in [0.1, 0.15) is 16.9 Å². The average molecular weight is 246 g/mol. The van der Waals surface area contributed by atoms with Crippen molar-refractivity contribution in [3.05, 3.63) is 42.4 Å². The highest BCUT2D eigenvalue weighted by atomic mass is 16.3. The van der Waals surface area contributed by atoms with Crippen LogP contribution in [0.3, 0.4) is 0 Å². The Labute approximate surface area is 104 Å². The molecule has 0 atom stereocenters. The highest BCUT2D eigenvalue weighted by Gasteiger charge is 2.07. The second-order valence-corrected chi connectivity index (χ2v) is 3.66. The lowest BCUT2D eigenvalue weighted by molar-refractivity contribution is 0.0946. The Hall–Kier alpha value is -2.21. The van der Waals surface area contributed by atoms with E-state index in [9.17, 15) is 4.79 Å². The first-order chi connectivity index (χ1) is 8.81. The smallest absolute Gasteiger partial charge is 0.269 e. The van der Waals surface area contributed by atoms with Gasteiger partial charge in [0.25, 0.3) is 5.91 Å². The molecule has 2 rings (SSSR count). The molecule has 6 nitrogen and oxygen atoms in total. The molecule has 0 aliphatic rings. The number of nitrogens with one attached hydrogen (secondary N) is 1. The van der Waals surface area contributed by atoms with Gasteiger partial charge in [0.1, 0.15) is 5.69 Å². The fourth-order valence-corrected chi connectivity index (χ4v) is 1.45. The number of carbonyl (C=O) groups is 1. The van der Waals surface area contributed by atoms with Gasteiger partial charge in [-0.25, -0.2) is 9.67 Å². The summed E-state index contributed by atoms with van der Waals surface area (Å²) in [5.74, 6) is 0.340. The molecule has 0 aromatic carbocycles. The summed E-state index contributed by atoms with van der Waals surface area (Å²) in [6.07, 6.45) is 3.94. The highest BCUT2D eigenvalue weighted by molar-refractivity contribution is 5.92. The molecule has 1 amide bonds. The van der Waals surface area contributed by atoms with Crippen molar-refractivity contribution in [1.82, 2.24) is 20.1 Å². The van der Waals surface area contributed by atoms with Crippen molar-refractivity contribution in [1.29, 1.82) is 0 Å². The Balaban J connectivity index is 2.10. The van der Waals surface area contributed by atoms with E-state index in [4.69, 9.17) is 5.11 Å². The maximum absolute atomic E-state index is 11.8. The molecule has 0 saturated heterocycles. The zero-order valence-corrected chi connectivity index (χ0v) is 9.78. The van der Waals surface area contributed by atoms with Gasteiger partial charge in [0.05, 0.1) is 0 Å². The molecule has 0 aliphatic heterocycles. The van der Waals surface area contributed by atoms with Crippen molar-refractivity contribution in [2.75, 3.05) is 13.2 Å². The summed E-state index contributed by atoms with van der Waals surface area (Å²) in [7, 11) is 0. The number of hydrogen-bond acceptors (Lipinski definition) is 4. The molecule has 0 radical (unpaired) electrons. The van der Waals surface area contributed by atoms with Gasteiger partial charge >= 0.3 is 0 Å². The van der Waals surface area contributed by atoms with E-state index in [1.54, 1.807) is 41.3 Å². The number of rotatable bonds is 5. The normalized spacial score (nSPS) is 10.3. The first-order valence-corrected chi connectivity index (χ1v) is 5.67. The number of aliphatic hydroxyl groups is 1. The number of aliphatic hydroxyl groups excluding tert-OH is 1. The van der Waals surface area contributed by atoms with Crippen molar-refractivity contribution < 1.29 is 9.90 Å². The van der Waals surface area contributed by atoms with Crippen LogP contribution in [0.5, 0.6) is 0 Å². The van der Waals surface area contributed by atoms with Crippen LogP contribution in [-0.2, 0) is 0 Å². The van der Waals surface area contributed by atoms with Crippen LogP contribution in [0.15, 0.2) is 36.7 Å². The van der Waals surface area contributed by atoms with Gasteiger partial charge in [0, 0.05) is 25.5 Å². The molecule has 0 fully saturated rings. The molecule has 2 aromatic rings. The molecule has 2 aromatic heterocycles. The Kier molecular flexibility index (Phi) is 4.03. The SMILES string of the molecule is O=C(NCCCO)c1cccc(-n2cccn2)n1. The van der Waals surface area contributed by atoms with Crippen molar-refractivity contribution >= 4 is 5.91 Å². The molecule has 0 spiro atoms. The van der Waals surface area contributed by atoms with E-state index >= 15 is 0 Å². The van der Waals surface area contributed by atoms with Gasteiger partial charge in [-0.05, 0) is 24.6 Å². The largest absolute Gasteiger partial charge is 0.396 e. The summed E-state index contributed by atoms with van der Waals surface area (Å²) in [4.78, 5) is 16.0. The lowest BCUT2D eigenvalue weighted by Gasteiger charge is -2.05. The maximum Gasteiger partial charge on any atom is 0.269 e. The standard InChI is InChI=1S/C12H14N4O2/c17-9-3-6-13-12(18)10-4-1-5-11(15-10)16-8-2-7-14-16/h1-2,4-5,7-8,17H,3,6,9H2,(H,13,18). The molecule has 0 saturated carbocycles. The zero-order valence-electron chi connectivity index (χ0n) is 9.78. The van der Waals surface area contributed by atoms with Gasteiger partial charge in [-0.1, -0.05) is 6.07 Å². The number of carbonyl (C=O) groups excluding carboxylic acids is 1. The highest BCUT2D eigenvalue weighted by Crippen LogP contribution is 2.04. The summed E-state index contributed by atoms with van der Waals surface area (Å²) in [6, 6.07) is 6.96. The van der Waals surface area contributed by atoms with Crippen LogP contribution >= 0.6 is 0 Å². The van der Waals surface area contributed by atoms with E-state index in [0.717, 1.165) is 0 Å². The molecule has 94 valence electrons. The molecule has 18 heavy (non-hydrogen) atoms. The minimum Gasteiger partial charge on any atom is -0.396 e. The van der Waals surface area contributed by atoms with Crippen LogP contribution in [0, 0.1) is 0 Å². The van der Waals surface area contributed by atoms with Crippen molar-refractivity contribution in [2.45, 2.75) is 6.42 Å². The number of amides is 1. The first-order valence-electron chi connectivity index (χ1n) is 5.67.